The molecule has 3 aromatic rings. The zero-order valence-corrected chi connectivity index (χ0v) is 16.4. The fourth-order valence-electron chi connectivity index (χ4n) is 3.61. The third-order valence-corrected chi connectivity index (χ3v) is 5.09. The molecule has 0 N–H and O–H groups in total. The number of hydrogen-bond acceptors (Lipinski definition) is 4. The van der Waals surface area contributed by atoms with Crippen LogP contribution >= 0.6 is 0 Å². The Kier molecular flexibility index (Phi) is 5.25. The Morgan fingerprint density at radius 1 is 1.14 bits per heavy atom. The molecular weight excluding hydrogens is 373 g/mol. The minimum Gasteiger partial charge on any atom is -0.495 e. The number of halogens is 1. The molecule has 0 saturated heterocycles. The van der Waals surface area contributed by atoms with E-state index in [1.807, 2.05) is 19.1 Å². The summed E-state index contributed by atoms with van der Waals surface area (Å²) >= 11 is 0. The van der Waals surface area contributed by atoms with Crippen molar-refractivity contribution in [3.05, 3.63) is 77.0 Å². The number of amides is 1. The molecule has 0 aliphatic carbocycles. The Bertz CT molecular complexity index is 1030. The smallest absolute Gasteiger partial charge is 0.294 e. The quantitative estimate of drug-likeness (QED) is 0.616. The summed E-state index contributed by atoms with van der Waals surface area (Å²) in [6.07, 6.45) is 1.80. The Labute approximate surface area is 168 Å². The number of hydrogen-bond donors (Lipinski definition) is 0. The predicted molar refractivity (Wildman–Crippen MR) is 107 cm³/mol. The number of anilines is 1. The van der Waals surface area contributed by atoms with Crippen molar-refractivity contribution in [2.24, 2.45) is 0 Å². The van der Waals surface area contributed by atoms with E-state index in [0.717, 1.165) is 29.7 Å². The maximum atomic E-state index is 13.2. The average Bonchev–Trinajstić information content (AvgIpc) is 3.22. The zero-order valence-electron chi connectivity index (χ0n) is 16.4. The Balaban J connectivity index is 1.53. The molecule has 2 heterocycles. The first-order chi connectivity index (χ1) is 14.1. The van der Waals surface area contributed by atoms with Crippen molar-refractivity contribution in [2.75, 3.05) is 18.6 Å². The molecule has 6 heteroatoms. The standard InChI is InChI=1S/C23H22FNO4/c1-15-5-11-20(27-2)22-19(15)4-3-13-25(22)23(26)21-12-10-18(29-21)14-28-17-8-6-16(24)7-9-17/h5-12H,3-4,13-14H2,1-2H3. The van der Waals surface area contributed by atoms with Gasteiger partial charge in [-0.15, -0.1) is 0 Å². The van der Waals surface area contributed by atoms with Crippen molar-refractivity contribution >= 4 is 11.6 Å². The highest BCUT2D eigenvalue weighted by Gasteiger charge is 2.29. The number of methoxy groups -OCH3 is 1. The van der Waals surface area contributed by atoms with Crippen LogP contribution in [0, 0.1) is 12.7 Å². The van der Waals surface area contributed by atoms with Gasteiger partial charge in [0.05, 0.1) is 12.8 Å². The van der Waals surface area contributed by atoms with Crippen LogP contribution < -0.4 is 14.4 Å². The molecule has 1 aromatic heterocycles. The van der Waals surface area contributed by atoms with Gasteiger partial charge in [-0.1, -0.05) is 6.07 Å². The molecule has 0 spiro atoms. The second-order valence-corrected chi connectivity index (χ2v) is 6.98. The molecule has 29 heavy (non-hydrogen) atoms. The molecule has 0 fully saturated rings. The van der Waals surface area contributed by atoms with Gasteiger partial charge in [-0.05, 0) is 73.4 Å². The SMILES string of the molecule is COc1ccc(C)c2c1N(C(=O)c1ccc(COc3ccc(F)cc3)o1)CCC2. The number of ether oxygens (including phenoxy) is 2. The molecule has 0 bridgehead atoms. The lowest BCUT2D eigenvalue weighted by Gasteiger charge is -2.31. The first-order valence-electron chi connectivity index (χ1n) is 9.52. The van der Waals surface area contributed by atoms with Gasteiger partial charge < -0.3 is 18.8 Å². The third kappa shape index (κ3) is 3.83. The number of carbonyl (C=O) groups is 1. The first kappa shape index (κ1) is 19.1. The minimum absolute atomic E-state index is 0.151. The van der Waals surface area contributed by atoms with E-state index in [0.29, 0.717) is 23.8 Å². The normalized spacial score (nSPS) is 13.1. The van der Waals surface area contributed by atoms with Crippen LogP contribution in [0.5, 0.6) is 11.5 Å². The summed E-state index contributed by atoms with van der Waals surface area (Å²) in [6.45, 7) is 2.80. The van der Waals surface area contributed by atoms with Gasteiger partial charge in [-0.3, -0.25) is 4.79 Å². The van der Waals surface area contributed by atoms with Crippen LogP contribution in [-0.4, -0.2) is 19.6 Å². The van der Waals surface area contributed by atoms with Crippen LogP contribution in [0.25, 0.3) is 0 Å². The van der Waals surface area contributed by atoms with Crippen molar-refractivity contribution < 1.29 is 23.1 Å². The highest BCUT2D eigenvalue weighted by Crippen LogP contribution is 2.39. The van der Waals surface area contributed by atoms with Gasteiger partial charge >= 0.3 is 0 Å². The van der Waals surface area contributed by atoms with E-state index < -0.39 is 0 Å². The summed E-state index contributed by atoms with van der Waals surface area (Å²) in [5.41, 5.74) is 3.10. The van der Waals surface area contributed by atoms with E-state index in [4.69, 9.17) is 13.9 Å². The van der Waals surface area contributed by atoms with E-state index in [1.54, 1.807) is 36.3 Å². The highest BCUT2D eigenvalue weighted by molar-refractivity contribution is 6.06. The molecule has 5 nitrogen and oxygen atoms in total. The number of benzene rings is 2. The van der Waals surface area contributed by atoms with Crippen LogP contribution in [0.1, 0.15) is 33.9 Å². The molecule has 1 amide bonds. The molecule has 150 valence electrons. The molecular formula is C23H22FNO4. The van der Waals surface area contributed by atoms with Crippen molar-refractivity contribution in [3.63, 3.8) is 0 Å². The average molecular weight is 395 g/mol. The van der Waals surface area contributed by atoms with Crippen LogP contribution in [-0.2, 0) is 13.0 Å². The van der Waals surface area contributed by atoms with Crippen LogP contribution in [0.2, 0.25) is 0 Å². The van der Waals surface area contributed by atoms with Gasteiger partial charge in [-0.2, -0.15) is 0 Å². The first-order valence-corrected chi connectivity index (χ1v) is 9.52. The van der Waals surface area contributed by atoms with Crippen LogP contribution in [0.4, 0.5) is 10.1 Å². The van der Waals surface area contributed by atoms with Crippen molar-refractivity contribution in [1.29, 1.82) is 0 Å². The van der Waals surface area contributed by atoms with Crippen LogP contribution in [0.15, 0.2) is 52.9 Å². The number of carbonyl (C=O) groups excluding carboxylic acids is 1. The summed E-state index contributed by atoms with van der Waals surface area (Å²) in [5, 5.41) is 0. The predicted octanol–water partition coefficient (Wildman–Crippen LogP) is 4.91. The molecule has 2 aromatic carbocycles. The van der Waals surface area contributed by atoms with Gasteiger partial charge in [0.1, 0.15) is 29.7 Å². The van der Waals surface area contributed by atoms with Gasteiger partial charge in [0.2, 0.25) is 0 Å². The van der Waals surface area contributed by atoms with E-state index in [2.05, 4.69) is 0 Å². The number of aryl methyl sites for hydroxylation is 1. The summed E-state index contributed by atoms with van der Waals surface area (Å²) < 4.78 is 29.8. The number of fused-ring (bicyclic) bond motifs is 1. The van der Waals surface area contributed by atoms with Crippen molar-refractivity contribution in [3.8, 4) is 11.5 Å². The van der Waals surface area contributed by atoms with E-state index in [-0.39, 0.29) is 24.1 Å². The molecule has 4 rings (SSSR count). The Hall–Kier alpha value is -3.28. The van der Waals surface area contributed by atoms with Gasteiger partial charge in [0, 0.05) is 6.54 Å². The lowest BCUT2D eigenvalue weighted by Crippen LogP contribution is -2.36. The minimum atomic E-state index is -0.323. The van der Waals surface area contributed by atoms with Gasteiger partial charge in [0.25, 0.3) is 5.91 Å². The number of furan rings is 1. The lowest BCUT2D eigenvalue weighted by molar-refractivity contribution is 0.0953. The molecule has 0 unspecified atom stereocenters. The Morgan fingerprint density at radius 2 is 1.93 bits per heavy atom. The maximum Gasteiger partial charge on any atom is 0.294 e. The highest BCUT2D eigenvalue weighted by atomic mass is 19.1. The lowest BCUT2D eigenvalue weighted by atomic mass is 9.96. The second kappa shape index (κ2) is 7.99. The fraction of sp³-hybridized carbons (Fsp3) is 0.261. The molecule has 1 aliphatic rings. The maximum absolute atomic E-state index is 13.2. The fourth-order valence-corrected chi connectivity index (χ4v) is 3.61. The second-order valence-electron chi connectivity index (χ2n) is 6.98. The van der Waals surface area contributed by atoms with E-state index in [9.17, 15) is 9.18 Å². The van der Waals surface area contributed by atoms with Crippen LogP contribution in [0.3, 0.4) is 0 Å². The summed E-state index contributed by atoms with van der Waals surface area (Å²) in [7, 11) is 1.61. The van der Waals surface area contributed by atoms with Crippen molar-refractivity contribution in [1.82, 2.24) is 0 Å². The summed E-state index contributed by atoms with van der Waals surface area (Å²) in [4.78, 5) is 14.9. The largest absolute Gasteiger partial charge is 0.495 e. The zero-order chi connectivity index (χ0) is 20.4. The molecule has 1 aliphatic heterocycles. The molecule has 0 atom stereocenters. The van der Waals surface area contributed by atoms with Gasteiger partial charge in [-0.25, -0.2) is 4.39 Å². The number of rotatable bonds is 5. The van der Waals surface area contributed by atoms with Crippen molar-refractivity contribution in [2.45, 2.75) is 26.4 Å². The summed E-state index contributed by atoms with van der Waals surface area (Å²) in [5.74, 6) is 1.45. The molecule has 0 saturated carbocycles. The topological polar surface area (TPSA) is 51.9 Å². The van der Waals surface area contributed by atoms with E-state index in [1.165, 1.54) is 12.1 Å². The Morgan fingerprint density at radius 3 is 2.69 bits per heavy atom. The summed E-state index contributed by atoms with van der Waals surface area (Å²) in [6, 6.07) is 13.0. The van der Waals surface area contributed by atoms with E-state index >= 15 is 0 Å². The third-order valence-electron chi connectivity index (χ3n) is 5.09. The van der Waals surface area contributed by atoms with Gasteiger partial charge in [0.15, 0.2) is 5.76 Å². The monoisotopic (exact) mass is 395 g/mol. The molecule has 0 radical (unpaired) electrons. The number of nitrogens with zero attached hydrogens (tertiary/aromatic N) is 1.